The summed E-state index contributed by atoms with van der Waals surface area (Å²) in [6, 6.07) is 0. The number of alkyl carbamates (subject to hydrolysis) is 1. The molecule has 0 aromatic rings. The summed E-state index contributed by atoms with van der Waals surface area (Å²) in [5.41, 5.74) is 5.25. The van der Waals surface area contributed by atoms with E-state index in [2.05, 4.69) is 5.32 Å². The van der Waals surface area contributed by atoms with Crippen LogP contribution in [0.1, 0.15) is 46.5 Å². The Kier molecular flexibility index (Phi) is 3.10. The molecule has 2 aliphatic rings. The van der Waals surface area contributed by atoms with Crippen molar-refractivity contribution in [2.45, 2.75) is 57.6 Å². The normalized spacial score (nSPS) is 36.0. The summed E-state index contributed by atoms with van der Waals surface area (Å²) in [4.78, 5) is 11.9. The van der Waals surface area contributed by atoms with E-state index < -0.39 is 5.60 Å². The minimum atomic E-state index is -0.447. The quantitative estimate of drug-likeness (QED) is 0.776. The fourth-order valence-corrected chi connectivity index (χ4v) is 3.41. The molecule has 3 atom stereocenters. The number of ether oxygens (including phenoxy) is 1. The largest absolute Gasteiger partial charge is 0.444 e. The predicted octanol–water partition coefficient (Wildman–Crippen LogP) is 2.03. The molecular weight excluding hydrogens is 216 g/mol. The van der Waals surface area contributed by atoms with Crippen LogP contribution in [0.25, 0.3) is 0 Å². The van der Waals surface area contributed by atoms with E-state index in [9.17, 15) is 4.79 Å². The van der Waals surface area contributed by atoms with Gasteiger partial charge in [-0.2, -0.15) is 0 Å². The fraction of sp³-hybridized carbons (Fsp3) is 0.923. The van der Waals surface area contributed by atoms with Gasteiger partial charge in [-0.25, -0.2) is 4.79 Å². The van der Waals surface area contributed by atoms with Crippen LogP contribution in [0.3, 0.4) is 0 Å². The van der Waals surface area contributed by atoms with Crippen LogP contribution < -0.4 is 11.1 Å². The summed E-state index contributed by atoms with van der Waals surface area (Å²) >= 11 is 0. The monoisotopic (exact) mass is 240 g/mol. The molecule has 0 aromatic heterocycles. The summed E-state index contributed by atoms with van der Waals surface area (Å²) in [6.07, 6.45) is 4.40. The Balaban J connectivity index is 1.99. The minimum Gasteiger partial charge on any atom is -0.444 e. The summed E-state index contributed by atoms with van der Waals surface area (Å²) < 4.78 is 5.33. The topological polar surface area (TPSA) is 64.3 Å². The van der Waals surface area contributed by atoms with Crippen molar-refractivity contribution in [2.75, 3.05) is 6.54 Å². The van der Waals surface area contributed by atoms with Crippen LogP contribution in [-0.4, -0.2) is 23.8 Å². The standard InChI is InChI=1S/C13H24N2O2/c1-12(2,3)17-11(16)15-13(8-14)7-9-4-5-10(13)6-9/h9-10H,4-8,14H2,1-3H3,(H,15,16). The van der Waals surface area contributed by atoms with Gasteiger partial charge >= 0.3 is 6.09 Å². The maximum absolute atomic E-state index is 11.9. The van der Waals surface area contributed by atoms with Crippen molar-refractivity contribution in [1.82, 2.24) is 5.32 Å². The maximum Gasteiger partial charge on any atom is 0.408 e. The highest BCUT2D eigenvalue weighted by atomic mass is 16.6. The van der Waals surface area contributed by atoms with Crippen molar-refractivity contribution in [3.8, 4) is 0 Å². The SMILES string of the molecule is CC(C)(C)OC(=O)NC1(CN)CC2CCC1C2. The lowest BCUT2D eigenvalue weighted by atomic mass is 9.81. The molecule has 3 N–H and O–H groups in total. The number of carbonyl (C=O) groups excluding carboxylic acids is 1. The smallest absolute Gasteiger partial charge is 0.408 e. The number of rotatable bonds is 2. The van der Waals surface area contributed by atoms with Crippen molar-refractivity contribution in [2.24, 2.45) is 17.6 Å². The van der Waals surface area contributed by atoms with Crippen LogP contribution >= 0.6 is 0 Å². The molecule has 4 heteroatoms. The highest BCUT2D eigenvalue weighted by Crippen LogP contribution is 2.50. The summed E-state index contributed by atoms with van der Waals surface area (Å²) in [5.74, 6) is 1.29. The summed E-state index contributed by atoms with van der Waals surface area (Å²) in [5, 5.41) is 3.04. The Bertz CT molecular complexity index is 311. The van der Waals surface area contributed by atoms with Crippen molar-refractivity contribution >= 4 is 6.09 Å². The van der Waals surface area contributed by atoms with E-state index in [1.165, 1.54) is 19.3 Å². The van der Waals surface area contributed by atoms with Crippen molar-refractivity contribution in [1.29, 1.82) is 0 Å². The molecule has 2 bridgehead atoms. The van der Waals surface area contributed by atoms with Gasteiger partial charge in [0.2, 0.25) is 0 Å². The van der Waals surface area contributed by atoms with E-state index in [-0.39, 0.29) is 11.6 Å². The first-order valence-electron chi connectivity index (χ1n) is 6.56. The average molecular weight is 240 g/mol. The third-order valence-electron chi connectivity index (χ3n) is 4.09. The molecule has 0 saturated heterocycles. The van der Waals surface area contributed by atoms with E-state index in [0.717, 1.165) is 12.3 Å². The van der Waals surface area contributed by atoms with Gasteiger partial charge in [0.25, 0.3) is 0 Å². The van der Waals surface area contributed by atoms with Crippen LogP contribution in [0.4, 0.5) is 4.79 Å². The average Bonchev–Trinajstić information content (AvgIpc) is 2.74. The molecule has 2 saturated carbocycles. The van der Waals surface area contributed by atoms with E-state index in [1.807, 2.05) is 20.8 Å². The second-order valence-electron chi connectivity index (χ2n) is 6.57. The van der Waals surface area contributed by atoms with Crippen molar-refractivity contribution < 1.29 is 9.53 Å². The predicted molar refractivity (Wildman–Crippen MR) is 66.6 cm³/mol. The third-order valence-corrected chi connectivity index (χ3v) is 4.09. The Morgan fingerprint density at radius 1 is 1.47 bits per heavy atom. The van der Waals surface area contributed by atoms with Crippen LogP contribution in [0.5, 0.6) is 0 Å². The van der Waals surface area contributed by atoms with Crippen LogP contribution in [0, 0.1) is 11.8 Å². The van der Waals surface area contributed by atoms with Gasteiger partial charge in [-0.1, -0.05) is 0 Å². The first-order chi connectivity index (χ1) is 7.85. The van der Waals surface area contributed by atoms with Crippen LogP contribution in [0.15, 0.2) is 0 Å². The van der Waals surface area contributed by atoms with Gasteiger partial charge in [-0.15, -0.1) is 0 Å². The number of hydrogen-bond donors (Lipinski definition) is 2. The van der Waals surface area contributed by atoms with Gasteiger partial charge in [0.15, 0.2) is 0 Å². The fourth-order valence-electron chi connectivity index (χ4n) is 3.41. The molecule has 2 rings (SSSR count). The molecular formula is C13H24N2O2. The van der Waals surface area contributed by atoms with Crippen LogP contribution in [0.2, 0.25) is 0 Å². The molecule has 3 unspecified atom stereocenters. The molecule has 0 spiro atoms. The molecule has 0 radical (unpaired) electrons. The van der Waals surface area contributed by atoms with E-state index >= 15 is 0 Å². The first-order valence-corrected chi connectivity index (χ1v) is 6.56. The Hall–Kier alpha value is -0.770. The number of nitrogens with one attached hydrogen (secondary N) is 1. The number of fused-ring (bicyclic) bond motifs is 2. The third kappa shape index (κ3) is 2.57. The van der Waals surface area contributed by atoms with E-state index in [0.29, 0.717) is 12.5 Å². The lowest BCUT2D eigenvalue weighted by Crippen LogP contribution is -2.57. The molecule has 2 aliphatic carbocycles. The summed E-state index contributed by atoms with van der Waals surface area (Å²) in [6.45, 7) is 6.15. The second-order valence-corrected chi connectivity index (χ2v) is 6.57. The number of hydrogen-bond acceptors (Lipinski definition) is 3. The minimum absolute atomic E-state index is 0.203. The summed E-state index contributed by atoms with van der Waals surface area (Å²) in [7, 11) is 0. The molecule has 17 heavy (non-hydrogen) atoms. The van der Waals surface area contributed by atoms with Gasteiger partial charge < -0.3 is 15.8 Å². The first kappa shape index (κ1) is 12.7. The van der Waals surface area contributed by atoms with E-state index in [1.54, 1.807) is 0 Å². The van der Waals surface area contributed by atoms with Gasteiger partial charge in [0, 0.05) is 6.54 Å². The van der Waals surface area contributed by atoms with Crippen LogP contribution in [-0.2, 0) is 4.74 Å². The van der Waals surface area contributed by atoms with Gasteiger partial charge in [0.05, 0.1) is 5.54 Å². The second kappa shape index (κ2) is 4.16. The Morgan fingerprint density at radius 3 is 2.59 bits per heavy atom. The van der Waals surface area contributed by atoms with Crippen molar-refractivity contribution in [3.63, 3.8) is 0 Å². The molecule has 0 aliphatic heterocycles. The number of carbonyl (C=O) groups is 1. The van der Waals surface area contributed by atoms with Gasteiger partial charge in [0.1, 0.15) is 5.60 Å². The maximum atomic E-state index is 11.9. The molecule has 4 nitrogen and oxygen atoms in total. The highest BCUT2D eigenvalue weighted by Gasteiger charge is 2.51. The lowest BCUT2D eigenvalue weighted by molar-refractivity contribution is 0.0415. The number of amides is 1. The molecule has 98 valence electrons. The lowest BCUT2D eigenvalue weighted by Gasteiger charge is -2.38. The molecule has 0 aromatic carbocycles. The zero-order chi connectivity index (χ0) is 12.7. The molecule has 0 heterocycles. The van der Waals surface area contributed by atoms with Gasteiger partial charge in [-0.05, 0) is 58.3 Å². The van der Waals surface area contributed by atoms with Gasteiger partial charge in [-0.3, -0.25) is 0 Å². The zero-order valence-corrected chi connectivity index (χ0v) is 11.1. The molecule has 2 fully saturated rings. The molecule has 1 amide bonds. The highest BCUT2D eigenvalue weighted by molar-refractivity contribution is 5.69. The number of nitrogens with two attached hydrogens (primary N) is 1. The van der Waals surface area contributed by atoms with Crippen molar-refractivity contribution in [3.05, 3.63) is 0 Å². The Labute approximate surface area is 103 Å². The Morgan fingerprint density at radius 2 is 2.18 bits per heavy atom. The zero-order valence-electron chi connectivity index (χ0n) is 11.1. The van der Waals surface area contributed by atoms with E-state index in [4.69, 9.17) is 10.5 Å².